The van der Waals surface area contributed by atoms with Crippen LogP contribution in [0.1, 0.15) is 69.8 Å². The molecule has 0 radical (unpaired) electrons. The van der Waals surface area contributed by atoms with Crippen molar-refractivity contribution in [3.8, 4) is 0 Å². The number of hydrogen-bond acceptors (Lipinski definition) is 8. The van der Waals surface area contributed by atoms with Crippen molar-refractivity contribution in [2.24, 2.45) is 34.5 Å². The zero-order chi connectivity index (χ0) is 26.4. The number of carbonyl (C=O) groups is 1. The smallest absolute Gasteiger partial charge is 0.344 e. The van der Waals surface area contributed by atoms with Crippen LogP contribution in [0.5, 0.6) is 0 Å². The third-order valence-electron chi connectivity index (χ3n) is 10.1. The summed E-state index contributed by atoms with van der Waals surface area (Å²) in [4.78, 5) is 13.5. The van der Waals surface area contributed by atoms with Crippen molar-refractivity contribution in [2.75, 3.05) is 6.61 Å². The molecule has 4 N–H and O–H groups in total. The van der Waals surface area contributed by atoms with E-state index in [9.17, 15) is 25.2 Å². The number of aromatic nitrogens is 1. The van der Waals surface area contributed by atoms with E-state index >= 15 is 0 Å². The molecular formula is C28H39NO7. The molecule has 1 aromatic rings. The Morgan fingerprint density at radius 2 is 1.94 bits per heavy atom. The van der Waals surface area contributed by atoms with E-state index in [4.69, 9.17) is 9.26 Å². The second-order valence-corrected chi connectivity index (χ2v) is 12.0. The van der Waals surface area contributed by atoms with Crippen molar-refractivity contribution >= 4 is 5.97 Å². The average molecular weight is 502 g/mol. The standard InChI is InChI=1S/C28H39NO7/c1-7-18-20(19(8-2)36-29-18)25(33)35-24-13(3)11-27-14(4)9-17-21(26(17,5)6)16(23(27)32)10-15(12-30)22(31)28(24,27)34/h10-11,14,16-17,21-24,30-32,34H,7-9,12H2,1-6H3/t14-,16+,17-,21+,22-,23?,24+,27+,28+/m1/s1. The van der Waals surface area contributed by atoms with Gasteiger partial charge in [-0.15, -0.1) is 0 Å². The first kappa shape index (κ1) is 25.6. The third kappa shape index (κ3) is 3.01. The highest BCUT2D eigenvalue weighted by atomic mass is 16.6. The highest BCUT2D eigenvalue weighted by Crippen LogP contribution is 2.72. The Labute approximate surface area is 212 Å². The van der Waals surface area contributed by atoms with Crippen molar-refractivity contribution in [3.63, 3.8) is 0 Å². The van der Waals surface area contributed by atoms with Crippen LogP contribution in [-0.2, 0) is 17.6 Å². The van der Waals surface area contributed by atoms with Gasteiger partial charge in [-0.1, -0.05) is 51.9 Å². The first-order valence-electron chi connectivity index (χ1n) is 13.2. The molecule has 1 spiro atoms. The maximum absolute atomic E-state index is 13.5. The van der Waals surface area contributed by atoms with Gasteiger partial charge in [0.15, 0.2) is 11.9 Å². The van der Waals surface area contributed by atoms with Crippen molar-refractivity contribution in [1.29, 1.82) is 0 Å². The number of hydrogen-bond donors (Lipinski definition) is 4. The lowest BCUT2D eigenvalue weighted by atomic mass is 9.58. The molecule has 4 aliphatic carbocycles. The fourth-order valence-electron chi connectivity index (χ4n) is 8.15. The zero-order valence-electron chi connectivity index (χ0n) is 22.0. The number of ether oxygens (including phenoxy) is 1. The zero-order valence-corrected chi connectivity index (χ0v) is 22.0. The normalized spacial score (nSPS) is 42.4. The Morgan fingerprint density at radius 3 is 2.56 bits per heavy atom. The minimum atomic E-state index is -2.06. The summed E-state index contributed by atoms with van der Waals surface area (Å²) in [5, 5.41) is 50.5. The Bertz CT molecular complexity index is 1110. The number of nitrogens with zero attached hydrogens (tertiary/aromatic N) is 1. The summed E-state index contributed by atoms with van der Waals surface area (Å²) >= 11 is 0. The summed E-state index contributed by atoms with van der Waals surface area (Å²) in [6.07, 6.45) is 1.49. The molecule has 36 heavy (non-hydrogen) atoms. The number of carbonyl (C=O) groups excluding carboxylic acids is 1. The minimum absolute atomic E-state index is 0.0105. The summed E-state index contributed by atoms with van der Waals surface area (Å²) in [7, 11) is 0. The average Bonchev–Trinajstić information content (AvgIpc) is 3.13. The predicted octanol–water partition coefficient (Wildman–Crippen LogP) is 2.58. The van der Waals surface area contributed by atoms with E-state index in [1.165, 1.54) is 0 Å². The molecule has 0 saturated heterocycles. The Hall–Kier alpha value is -2.00. The maximum atomic E-state index is 13.5. The van der Waals surface area contributed by atoms with E-state index in [0.717, 1.165) is 6.42 Å². The largest absolute Gasteiger partial charge is 0.451 e. The second kappa shape index (κ2) is 8.25. The molecule has 8 heteroatoms. The lowest BCUT2D eigenvalue weighted by Crippen LogP contribution is -2.66. The van der Waals surface area contributed by atoms with E-state index in [1.54, 1.807) is 13.0 Å². The summed E-state index contributed by atoms with van der Waals surface area (Å²) in [6.45, 7) is 11.4. The van der Waals surface area contributed by atoms with E-state index in [2.05, 4.69) is 19.0 Å². The molecule has 1 unspecified atom stereocenters. The van der Waals surface area contributed by atoms with Gasteiger partial charge < -0.3 is 29.7 Å². The molecule has 0 aromatic carbocycles. The number of fused-ring (bicyclic) bond motifs is 3. The van der Waals surface area contributed by atoms with Crippen LogP contribution in [0.15, 0.2) is 27.8 Å². The van der Waals surface area contributed by atoms with Gasteiger partial charge in [0.05, 0.1) is 23.8 Å². The first-order chi connectivity index (χ1) is 16.9. The van der Waals surface area contributed by atoms with Gasteiger partial charge in [-0.2, -0.15) is 0 Å². The van der Waals surface area contributed by atoms with Gasteiger partial charge in [0.2, 0.25) is 0 Å². The van der Waals surface area contributed by atoms with Gasteiger partial charge in [-0.05, 0) is 54.1 Å². The molecule has 2 saturated carbocycles. The van der Waals surface area contributed by atoms with Crippen LogP contribution in [0.2, 0.25) is 0 Å². The Balaban J connectivity index is 1.63. The van der Waals surface area contributed by atoms with Crippen LogP contribution >= 0.6 is 0 Å². The van der Waals surface area contributed by atoms with E-state index in [-0.39, 0.29) is 34.3 Å². The summed E-state index contributed by atoms with van der Waals surface area (Å²) in [6, 6.07) is 0. The SMILES string of the molecule is CCc1noc(CC)c1C(=O)O[C@H]1C(C)=C[C@]23C(O)[C@@H](C=C(CO)[C@@H](O)[C@]12O)[C@H]1[C@@H](C[C@H]3C)C1(C)C. The molecule has 1 heterocycles. The van der Waals surface area contributed by atoms with Crippen LogP contribution in [0, 0.1) is 34.5 Å². The second-order valence-electron chi connectivity index (χ2n) is 12.0. The van der Waals surface area contributed by atoms with Crippen LogP contribution < -0.4 is 0 Å². The van der Waals surface area contributed by atoms with Gasteiger partial charge in [-0.3, -0.25) is 0 Å². The molecule has 9 atom stereocenters. The van der Waals surface area contributed by atoms with Crippen LogP contribution in [0.4, 0.5) is 0 Å². The highest BCUT2D eigenvalue weighted by Gasteiger charge is 2.76. The maximum Gasteiger partial charge on any atom is 0.344 e. The van der Waals surface area contributed by atoms with Crippen molar-refractivity contribution < 1.29 is 34.5 Å². The Morgan fingerprint density at radius 1 is 1.25 bits per heavy atom. The number of esters is 1. The lowest BCUT2D eigenvalue weighted by Gasteiger charge is -2.52. The highest BCUT2D eigenvalue weighted by molar-refractivity contribution is 5.92. The van der Waals surface area contributed by atoms with Crippen molar-refractivity contribution in [2.45, 2.75) is 84.7 Å². The molecule has 8 nitrogen and oxygen atoms in total. The molecule has 198 valence electrons. The van der Waals surface area contributed by atoms with Crippen LogP contribution in [0.25, 0.3) is 0 Å². The molecule has 4 aliphatic rings. The van der Waals surface area contributed by atoms with Gasteiger partial charge in [0.1, 0.15) is 17.3 Å². The molecule has 0 amide bonds. The van der Waals surface area contributed by atoms with Gasteiger partial charge >= 0.3 is 5.97 Å². The lowest BCUT2D eigenvalue weighted by molar-refractivity contribution is -0.215. The Kier molecular flexibility index (Phi) is 5.88. The molecule has 2 bridgehead atoms. The summed E-state index contributed by atoms with van der Waals surface area (Å²) in [5.41, 5.74) is -1.79. The monoisotopic (exact) mass is 501 g/mol. The fourth-order valence-corrected chi connectivity index (χ4v) is 8.15. The first-order valence-corrected chi connectivity index (χ1v) is 13.2. The predicted molar refractivity (Wildman–Crippen MR) is 131 cm³/mol. The van der Waals surface area contributed by atoms with E-state index < -0.39 is 41.9 Å². The molecule has 5 rings (SSSR count). The quantitative estimate of drug-likeness (QED) is 0.357. The van der Waals surface area contributed by atoms with Gasteiger partial charge in [0, 0.05) is 12.3 Å². The van der Waals surface area contributed by atoms with Gasteiger partial charge in [0.25, 0.3) is 0 Å². The van der Waals surface area contributed by atoms with E-state index in [1.807, 2.05) is 26.8 Å². The van der Waals surface area contributed by atoms with Crippen LogP contribution in [0.3, 0.4) is 0 Å². The summed E-state index contributed by atoms with van der Waals surface area (Å²) in [5.74, 6) is -0.345. The topological polar surface area (TPSA) is 133 Å². The van der Waals surface area contributed by atoms with Gasteiger partial charge in [-0.25, -0.2) is 4.79 Å². The molecule has 1 aromatic heterocycles. The minimum Gasteiger partial charge on any atom is -0.451 e. The van der Waals surface area contributed by atoms with Crippen LogP contribution in [-0.4, -0.2) is 62.1 Å². The third-order valence-corrected chi connectivity index (χ3v) is 10.1. The molecular weight excluding hydrogens is 462 g/mol. The number of aliphatic hydroxyl groups excluding tert-OH is 3. The summed E-state index contributed by atoms with van der Waals surface area (Å²) < 4.78 is 11.4. The number of aryl methyl sites for hydroxylation is 2. The molecule has 2 fully saturated rings. The number of aliphatic hydroxyl groups is 4. The van der Waals surface area contributed by atoms with E-state index in [0.29, 0.717) is 35.8 Å². The van der Waals surface area contributed by atoms with Crippen molar-refractivity contribution in [3.05, 3.63) is 40.3 Å². The van der Waals surface area contributed by atoms with Crippen molar-refractivity contribution in [1.82, 2.24) is 5.16 Å². The fraction of sp³-hybridized carbons (Fsp3) is 0.714. The number of rotatable bonds is 5. The molecule has 0 aliphatic heterocycles.